The molecule has 1 aromatic heterocycles. The monoisotopic (exact) mass is 385 g/mol. The number of benzene rings is 2. The lowest BCUT2D eigenvalue weighted by molar-refractivity contribution is 0.469. The first-order valence-corrected chi connectivity index (χ1v) is 10.7. The highest BCUT2D eigenvalue weighted by molar-refractivity contribution is 7.90. The van der Waals surface area contributed by atoms with Gasteiger partial charge in [0.1, 0.15) is 10.6 Å². The summed E-state index contributed by atoms with van der Waals surface area (Å²) < 4.78 is 32.8. The van der Waals surface area contributed by atoms with E-state index in [1.807, 2.05) is 24.3 Å². The van der Waals surface area contributed by atoms with Gasteiger partial charge in [-0.3, -0.25) is 0 Å². The fourth-order valence-corrected chi connectivity index (χ4v) is 3.49. The molecule has 2 aromatic carbocycles. The van der Waals surface area contributed by atoms with Gasteiger partial charge >= 0.3 is 0 Å². The topological polar surface area (TPSA) is 73.2 Å². The summed E-state index contributed by atoms with van der Waals surface area (Å²) in [5.41, 5.74) is 1.34. The van der Waals surface area contributed by atoms with Crippen molar-refractivity contribution in [3.05, 3.63) is 61.2 Å². The molecule has 0 spiro atoms. The second kappa shape index (κ2) is 8.26. The second-order valence-electron chi connectivity index (χ2n) is 6.26. The highest BCUT2D eigenvalue weighted by Crippen LogP contribution is 2.38. The van der Waals surface area contributed by atoms with Crippen LogP contribution in [0.25, 0.3) is 5.69 Å². The molecule has 0 saturated carbocycles. The van der Waals surface area contributed by atoms with Crippen molar-refractivity contribution in [1.29, 1.82) is 0 Å². The predicted molar refractivity (Wildman–Crippen MR) is 107 cm³/mol. The van der Waals surface area contributed by atoms with Crippen molar-refractivity contribution in [2.75, 3.05) is 18.1 Å². The van der Waals surface area contributed by atoms with Gasteiger partial charge in [0.25, 0.3) is 0 Å². The summed E-state index contributed by atoms with van der Waals surface area (Å²) >= 11 is 0. The zero-order valence-corrected chi connectivity index (χ0v) is 16.2. The molecule has 6 nitrogen and oxygen atoms in total. The van der Waals surface area contributed by atoms with Crippen LogP contribution in [0.4, 0.5) is 5.69 Å². The average Bonchev–Trinajstić information content (AvgIpc) is 3.17. The van der Waals surface area contributed by atoms with Gasteiger partial charge in [0.15, 0.2) is 15.6 Å². The minimum Gasteiger partial charge on any atom is -0.454 e. The molecule has 0 atom stereocenters. The van der Waals surface area contributed by atoms with Gasteiger partial charge in [-0.1, -0.05) is 31.5 Å². The van der Waals surface area contributed by atoms with Crippen molar-refractivity contribution in [2.45, 2.75) is 24.7 Å². The number of imidazole rings is 1. The van der Waals surface area contributed by atoms with E-state index in [4.69, 9.17) is 4.74 Å². The molecule has 0 amide bonds. The number of aromatic nitrogens is 2. The molecule has 0 saturated heterocycles. The van der Waals surface area contributed by atoms with E-state index in [0.29, 0.717) is 22.9 Å². The van der Waals surface area contributed by atoms with E-state index < -0.39 is 9.84 Å². The Morgan fingerprint density at radius 3 is 2.59 bits per heavy atom. The number of sulfone groups is 1. The van der Waals surface area contributed by atoms with E-state index >= 15 is 0 Å². The lowest BCUT2D eigenvalue weighted by Crippen LogP contribution is -2.08. The number of nitrogens with zero attached hydrogens (tertiary/aromatic N) is 2. The van der Waals surface area contributed by atoms with Crippen LogP contribution >= 0.6 is 0 Å². The lowest BCUT2D eigenvalue weighted by Gasteiger charge is -2.18. The molecular formula is C20H23N3O3S. The minimum atomic E-state index is -3.52. The summed E-state index contributed by atoms with van der Waals surface area (Å²) in [5, 5.41) is 3.33. The number of anilines is 1. The van der Waals surface area contributed by atoms with Gasteiger partial charge in [-0.25, -0.2) is 13.4 Å². The Balaban J connectivity index is 2.14. The number of rotatable bonds is 8. The Hall–Kier alpha value is -2.80. The van der Waals surface area contributed by atoms with Crippen LogP contribution in [0.3, 0.4) is 0 Å². The number of hydrogen-bond donors (Lipinski definition) is 1. The van der Waals surface area contributed by atoms with Gasteiger partial charge in [-0.2, -0.15) is 0 Å². The average molecular weight is 385 g/mol. The normalized spacial score (nSPS) is 11.3. The first-order valence-electron chi connectivity index (χ1n) is 8.82. The van der Waals surface area contributed by atoms with Crippen molar-refractivity contribution in [3.63, 3.8) is 0 Å². The maximum Gasteiger partial charge on any atom is 0.179 e. The van der Waals surface area contributed by atoms with Crippen LogP contribution < -0.4 is 10.1 Å². The molecule has 0 bridgehead atoms. The molecule has 0 aliphatic heterocycles. The zero-order chi connectivity index (χ0) is 19.3. The van der Waals surface area contributed by atoms with Gasteiger partial charge in [-0.05, 0) is 30.7 Å². The molecule has 3 aromatic rings. The van der Waals surface area contributed by atoms with E-state index in [2.05, 4.69) is 17.2 Å². The number of para-hydroxylation sites is 1. The molecule has 0 aliphatic rings. The van der Waals surface area contributed by atoms with Crippen molar-refractivity contribution in [1.82, 2.24) is 9.55 Å². The summed E-state index contributed by atoms with van der Waals surface area (Å²) in [4.78, 5) is 4.18. The van der Waals surface area contributed by atoms with Gasteiger partial charge in [-0.15, -0.1) is 0 Å². The molecule has 1 N–H and O–H groups in total. The zero-order valence-electron chi connectivity index (χ0n) is 15.4. The van der Waals surface area contributed by atoms with Crippen LogP contribution in [0, 0.1) is 0 Å². The van der Waals surface area contributed by atoms with Gasteiger partial charge < -0.3 is 14.6 Å². The Labute approximate surface area is 159 Å². The quantitative estimate of drug-likeness (QED) is 0.586. The van der Waals surface area contributed by atoms with E-state index in [0.717, 1.165) is 19.4 Å². The summed E-state index contributed by atoms with van der Waals surface area (Å²) in [7, 11) is -3.52. The number of hydrogen-bond acceptors (Lipinski definition) is 5. The summed E-state index contributed by atoms with van der Waals surface area (Å²) in [6.45, 7) is 2.82. The largest absolute Gasteiger partial charge is 0.454 e. The SMILES string of the molecule is CCCCNc1cc(-n2ccnc2)cc(S(C)(=O)=O)c1Oc1ccccc1. The second-order valence-corrected chi connectivity index (χ2v) is 8.24. The maximum absolute atomic E-state index is 12.5. The highest BCUT2D eigenvalue weighted by Gasteiger charge is 2.21. The standard InChI is InChI=1S/C20H23N3O3S/c1-3-4-10-22-18-13-16(23-12-11-21-15-23)14-19(27(2,24)25)20(18)26-17-8-6-5-7-9-17/h5-9,11-15,22H,3-4,10H2,1-2H3. The maximum atomic E-state index is 12.5. The van der Waals surface area contributed by atoms with Crippen LogP contribution in [0.2, 0.25) is 0 Å². The van der Waals surface area contributed by atoms with Gasteiger partial charge in [0.2, 0.25) is 0 Å². The number of unbranched alkanes of at least 4 members (excludes halogenated alkanes) is 1. The molecule has 1 heterocycles. The van der Waals surface area contributed by atoms with Crippen LogP contribution in [-0.4, -0.2) is 30.8 Å². The smallest absolute Gasteiger partial charge is 0.179 e. The number of nitrogens with one attached hydrogen (secondary N) is 1. The van der Waals surface area contributed by atoms with Crippen LogP contribution in [-0.2, 0) is 9.84 Å². The van der Waals surface area contributed by atoms with Crippen molar-refractivity contribution < 1.29 is 13.2 Å². The van der Waals surface area contributed by atoms with Crippen molar-refractivity contribution in [2.24, 2.45) is 0 Å². The molecule has 0 radical (unpaired) electrons. The van der Waals surface area contributed by atoms with Crippen LogP contribution in [0.1, 0.15) is 19.8 Å². The van der Waals surface area contributed by atoms with Crippen molar-refractivity contribution in [3.8, 4) is 17.2 Å². The predicted octanol–water partition coefficient (Wildman–Crippen LogP) is 4.28. The first kappa shape index (κ1) is 19.0. The Bertz CT molecular complexity index is 985. The summed E-state index contributed by atoms with van der Waals surface area (Å²) in [5.74, 6) is 0.889. The van der Waals surface area contributed by atoms with Crippen LogP contribution in [0.15, 0.2) is 66.1 Å². The minimum absolute atomic E-state index is 0.136. The molecule has 0 fully saturated rings. The molecule has 7 heteroatoms. The van der Waals surface area contributed by atoms with Gasteiger partial charge in [0, 0.05) is 25.2 Å². The lowest BCUT2D eigenvalue weighted by atomic mass is 10.2. The molecule has 142 valence electrons. The summed E-state index contributed by atoms with van der Waals surface area (Å²) in [6, 6.07) is 12.7. The highest BCUT2D eigenvalue weighted by atomic mass is 32.2. The number of ether oxygens (including phenoxy) is 1. The van der Waals surface area contributed by atoms with Crippen molar-refractivity contribution >= 4 is 15.5 Å². The molecule has 0 aliphatic carbocycles. The first-order chi connectivity index (χ1) is 13.0. The third kappa shape index (κ3) is 4.68. The Morgan fingerprint density at radius 1 is 1.19 bits per heavy atom. The molecular weight excluding hydrogens is 362 g/mol. The van der Waals surface area contributed by atoms with E-state index in [1.165, 1.54) is 6.26 Å². The Morgan fingerprint density at radius 2 is 1.96 bits per heavy atom. The van der Waals surface area contributed by atoms with E-state index in [9.17, 15) is 8.42 Å². The van der Waals surface area contributed by atoms with E-state index in [-0.39, 0.29) is 4.90 Å². The molecule has 27 heavy (non-hydrogen) atoms. The summed E-state index contributed by atoms with van der Waals surface area (Å²) in [6.07, 6.45) is 8.24. The van der Waals surface area contributed by atoms with Crippen LogP contribution in [0.5, 0.6) is 11.5 Å². The third-order valence-corrected chi connectivity index (χ3v) is 5.15. The fraction of sp³-hybridized carbons (Fsp3) is 0.250. The third-order valence-electron chi connectivity index (χ3n) is 4.05. The van der Waals surface area contributed by atoms with E-state index in [1.54, 1.807) is 41.5 Å². The molecule has 3 rings (SSSR count). The molecule has 0 unspecified atom stereocenters. The van der Waals surface area contributed by atoms with Gasteiger partial charge in [0.05, 0.1) is 17.7 Å². The Kier molecular flexibility index (Phi) is 5.81. The fourth-order valence-electron chi connectivity index (χ4n) is 2.67.